The number of carbonyl (C=O) groups excluding carboxylic acids is 1. The third-order valence-corrected chi connectivity index (χ3v) is 3.67. The highest BCUT2D eigenvalue weighted by atomic mass is 79.9. The predicted molar refractivity (Wildman–Crippen MR) is 53.6 cm³/mol. The quantitative estimate of drug-likeness (QED) is 0.759. The summed E-state index contributed by atoms with van der Waals surface area (Å²) in [6.45, 7) is 0. The van der Waals surface area contributed by atoms with E-state index in [4.69, 9.17) is 0 Å². The largest absolute Gasteiger partial charge is 0.324 e. The van der Waals surface area contributed by atoms with Crippen LogP contribution in [0.1, 0.15) is 18.4 Å². The van der Waals surface area contributed by atoms with Crippen LogP contribution in [0.2, 0.25) is 0 Å². The first-order valence-electron chi connectivity index (χ1n) is 4.45. The van der Waals surface area contributed by atoms with Gasteiger partial charge in [-0.2, -0.15) is 0 Å². The molecule has 1 aromatic rings. The first-order valence-corrected chi connectivity index (χ1v) is 5.24. The topological polar surface area (TPSA) is 29.1 Å². The summed E-state index contributed by atoms with van der Waals surface area (Å²) in [6.07, 6.45) is 1.53. The fraction of sp³-hybridized carbons (Fsp3) is 0.300. The fourth-order valence-corrected chi connectivity index (χ4v) is 2.52. The van der Waals surface area contributed by atoms with Crippen LogP contribution < -0.4 is 5.32 Å². The number of amides is 1. The van der Waals surface area contributed by atoms with Crippen molar-refractivity contribution in [2.75, 3.05) is 5.32 Å². The molecule has 0 aromatic heterocycles. The van der Waals surface area contributed by atoms with Gasteiger partial charge in [0.2, 0.25) is 5.91 Å². The van der Waals surface area contributed by atoms with Crippen LogP contribution in [0.5, 0.6) is 0 Å². The second kappa shape index (κ2) is 2.37. The number of carbonyl (C=O) groups is 1. The molecule has 1 heterocycles. The lowest BCUT2D eigenvalue weighted by molar-refractivity contribution is -0.117. The SMILES string of the molecule is O=C1Nc2c(Br)ccc(F)c2C12CC2. The second-order valence-corrected chi connectivity index (χ2v) is 4.67. The number of anilines is 1. The number of fused-ring (bicyclic) bond motifs is 2. The Balaban J connectivity index is 2.32. The van der Waals surface area contributed by atoms with Gasteiger partial charge in [-0.05, 0) is 40.9 Å². The highest BCUT2D eigenvalue weighted by molar-refractivity contribution is 9.10. The summed E-state index contributed by atoms with van der Waals surface area (Å²) in [5.74, 6) is -0.336. The maximum Gasteiger partial charge on any atom is 0.235 e. The van der Waals surface area contributed by atoms with Crippen molar-refractivity contribution in [2.24, 2.45) is 0 Å². The molecule has 2 aliphatic rings. The monoisotopic (exact) mass is 255 g/mol. The van der Waals surface area contributed by atoms with E-state index in [1.807, 2.05) is 0 Å². The van der Waals surface area contributed by atoms with Crippen LogP contribution >= 0.6 is 15.9 Å². The van der Waals surface area contributed by atoms with E-state index in [0.29, 0.717) is 11.3 Å². The minimum atomic E-state index is -0.538. The Labute approximate surface area is 88.6 Å². The fourth-order valence-electron chi connectivity index (χ4n) is 2.09. The molecule has 3 rings (SSSR count). The molecule has 1 aromatic carbocycles. The molecule has 14 heavy (non-hydrogen) atoms. The molecule has 0 saturated heterocycles. The van der Waals surface area contributed by atoms with E-state index in [9.17, 15) is 9.18 Å². The molecule has 1 aliphatic heterocycles. The third-order valence-electron chi connectivity index (χ3n) is 3.01. The molecule has 1 spiro atoms. The van der Waals surface area contributed by atoms with Gasteiger partial charge in [-0.3, -0.25) is 4.79 Å². The Morgan fingerprint density at radius 1 is 1.43 bits per heavy atom. The number of hydrogen-bond acceptors (Lipinski definition) is 1. The summed E-state index contributed by atoms with van der Waals surface area (Å²) in [5.41, 5.74) is 0.632. The van der Waals surface area contributed by atoms with Crippen molar-refractivity contribution < 1.29 is 9.18 Å². The van der Waals surface area contributed by atoms with Crippen molar-refractivity contribution >= 4 is 27.5 Å². The van der Waals surface area contributed by atoms with Crippen LogP contribution in [0.3, 0.4) is 0 Å². The van der Waals surface area contributed by atoms with Crippen molar-refractivity contribution in [3.05, 3.63) is 28.0 Å². The number of rotatable bonds is 0. The first kappa shape index (κ1) is 8.41. The van der Waals surface area contributed by atoms with Gasteiger partial charge in [0, 0.05) is 10.0 Å². The Bertz CT molecular complexity index is 454. The van der Waals surface area contributed by atoms with Crippen LogP contribution in [0.25, 0.3) is 0 Å². The van der Waals surface area contributed by atoms with E-state index < -0.39 is 5.41 Å². The van der Waals surface area contributed by atoms with Gasteiger partial charge in [0.05, 0.1) is 11.1 Å². The summed E-state index contributed by atoms with van der Waals surface area (Å²) in [5, 5.41) is 2.73. The maximum atomic E-state index is 13.6. The van der Waals surface area contributed by atoms with Gasteiger partial charge in [-0.25, -0.2) is 4.39 Å². The lowest BCUT2D eigenvalue weighted by Crippen LogP contribution is -2.19. The standard InChI is InChI=1S/C10H7BrFNO/c11-5-1-2-6(12)7-8(5)13-9(14)10(7)3-4-10/h1-2H,3-4H2,(H,13,14). The molecule has 0 unspecified atom stereocenters. The van der Waals surface area contributed by atoms with Gasteiger partial charge in [0.1, 0.15) is 5.82 Å². The average molecular weight is 256 g/mol. The van der Waals surface area contributed by atoms with Crippen molar-refractivity contribution in [2.45, 2.75) is 18.3 Å². The Kier molecular flexibility index (Phi) is 1.42. The second-order valence-electron chi connectivity index (χ2n) is 3.82. The lowest BCUT2D eigenvalue weighted by Gasteiger charge is -2.05. The van der Waals surface area contributed by atoms with Crippen molar-refractivity contribution in [1.82, 2.24) is 0 Å². The maximum absolute atomic E-state index is 13.6. The summed E-state index contributed by atoms with van der Waals surface area (Å²) in [6, 6.07) is 3.03. The van der Waals surface area contributed by atoms with E-state index >= 15 is 0 Å². The Hall–Kier alpha value is -0.900. The average Bonchev–Trinajstić information content (AvgIpc) is 2.86. The van der Waals surface area contributed by atoms with E-state index in [1.54, 1.807) is 6.07 Å². The zero-order valence-electron chi connectivity index (χ0n) is 7.23. The van der Waals surface area contributed by atoms with Gasteiger partial charge < -0.3 is 5.32 Å². The molecular formula is C10H7BrFNO. The van der Waals surface area contributed by atoms with Crippen molar-refractivity contribution in [3.63, 3.8) is 0 Å². The van der Waals surface area contributed by atoms with Gasteiger partial charge >= 0.3 is 0 Å². The molecule has 0 atom stereocenters. The highest BCUT2D eigenvalue weighted by Gasteiger charge is 2.58. The summed E-state index contributed by atoms with van der Waals surface area (Å²) < 4.78 is 14.3. The molecular weight excluding hydrogens is 249 g/mol. The van der Waals surface area contributed by atoms with Crippen LogP contribution in [-0.4, -0.2) is 5.91 Å². The zero-order chi connectivity index (χ0) is 9.92. The zero-order valence-corrected chi connectivity index (χ0v) is 8.82. The van der Waals surface area contributed by atoms with Crippen molar-refractivity contribution in [3.8, 4) is 0 Å². The predicted octanol–water partition coefficient (Wildman–Crippen LogP) is 2.57. The molecule has 1 fully saturated rings. The molecule has 2 nitrogen and oxygen atoms in total. The first-order chi connectivity index (χ1) is 6.65. The van der Waals surface area contributed by atoms with Gasteiger partial charge in [-0.15, -0.1) is 0 Å². The molecule has 1 aliphatic carbocycles. The van der Waals surface area contributed by atoms with Crippen LogP contribution in [0.4, 0.5) is 10.1 Å². The van der Waals surface area contributed by atoms with Crippen LogP contribution in [0, 0.1) is 5.82 Å². The summed E-state index contributed by atoms with van der Waals surface area (Å²) >= 11 is 3.31. The van der Waals surface area contributed by atoms with E-state index in [0.717, 1.165) is 17.3 Å². The van der Waals surface area contributed by atoms with E-state index in [1.165, 1.54) is 6.07 Å². The molecule has 72 valence electrons. The van der Waals surface area contributed by atoms with E-state index in [2.05, 4.69) is 21.2 Å². The number of benzene rings is 1. The molecule has 0 bridgehead atoms. The van der Waals surface area contributed by atoms with E-state index in [-0.39, 0.29) is 11.7 Å². The van der Waals surface area contributed by atoms with Crippen LogP contribution in [0.15, 0.2) is 16.6 Å². The Morgan fingerprint density at radius 2 is 2.14 bits per heavy atom. The molecule has 0 radical (unpaired) electrons. The highest BCUT2D eigenvalue weighted by Crippen LogP contribution is 2.57. The van der Waals surface area contributed by atoms with Crippen LogP contribution in [-0.2, 0) is 10.2 Å². The smallest absolute Gasteiger partial charge is 0.235 e. The molecule has 1 saturated carbocycles. The van der Waals surface area contributed by atoms with Gasteiger partial charge in [0.25, 0.3) is 0 Å². The molecule has 4 heteroatoms. The normalized spacial score (nSPS) is 20.9. The van der Waals surface area contributed by atoms with Gasteiger partial charge in [0.15, 0.2) is 0 Å². The summed E-state index contributed by atoms with van der Waals surface area (Å²) in [4.78, 5) is 11.6. The Morgan fingerprint density at radius 3 is 2.79 bits per heavy atom. The minimum Gasteiger partial charge on any atom is -0.324 e. The van der Waals surface area contributed by atoms with Crippen molar-refractivity contribution in [1.29, 1.82) is 0 Å². The minimum absolute atomic E-state index is 0.0571. The molecule has 1 amide bonds. The van der Waals surface area contributed by atoms with Gasteiger partial charge in [-0.1, -0.05) is 0 Å². The summed E-state index contributed by atoms with van der Waals surface area (Å²) in [7, 11) is 0. The third kappa shape index (κ3) is 0.823. The number of nitrogens with one attached hydrogen (secondary N) is 1. The number of hydrogen-bond donors (Lipinski definition) is 1. The number of halogens is 2. The molecule has 1 N–H and O–H groups in total. The lowest BCUT2D eigenvalue weighted by atomic mass is 9.97.